The highest BCUT2D eigenvalue weighted by molar-refractivity contribution is 5.79. The van der Waals surface area contributed by atoms with Crippen LogP contribution >= 0.6 is 0 Å². The summed E-state index contributed by atoms with van der Waals surface area (Å²) in [6.07, 6.45) is 0.881. The maximum Gasteiger partial charge on any atom is 0.307 e. The number of carbonyl (C=O) groups excluding carboxylic acids is 2. The topological polar surface area (TPSA) is 76.1 Å². The molecule has 1 rings (SSSR count). The molecular weight excluding hydrogens is 298 g/mol. The summed E-state index contributed by atoms with van der Waals surface area (Å²) in [7, 11) is 1.32. The minimum Gasteiger partial charge on any atom is -0.494 e. The SMILES string of the molecule is CCOc1ccc(CC(=O)N(CCCO)CCC(=O)OC)cc1. The monoisotopic (exact) mass is 323 g/mol. The molecule has 0 bridgehead atoms. The minimum atomic E-state index is -0.354. The smallest absolute Gasteiger partial charge is 0.307 e. The molecule has 0 aliphatic carbocycles. The van der Waals surface area contributed by atoms with Crippen LogP contribution in [0.3, 0.4) is 0 Å². The molecule has 1 N–H and O–H groups in total. The quantitative estimate of drug-likeness (QED) is 0.659. The van der Waals surface area contributed by atoms with Crippen molar-refractivity contribution in [2.24, 2.45) is 0 Å². The van der Waals surface area contributed by atoms with Crippen LogP contribution in [-0.4, -0.2) is 55.3 Å². The van der Waals surface area contributed by atoms with E-state index in [4.69, 9.17) is 9.84 Å². The van der Waals surface area contributed by atoms with Crippen molar-refractivity contribution in [2.45, 2.75) is 26.2 Å². The molecule has 0 atom stereocenters. The number of carbonyl (C=O) groups is 2. The fraction of sp³-hybridized carbons (Fsp3) is 0.529. The van der Waals surface area contributed by atoms with Crippen LogP contribution < -0.4 is 4.74 Å². The van der Waals surface area contributed by atoms with Crippen LogP contribution in [0.1, 0.15) is 25.3 Å². The molecule has 0 radical (unpaired) electrons. The van der Waals surface area contributed by atoms with Gasteiger partial charge in [0.25, 0.3) is 0 Å². The van der Waals surface area contributed by atoms with Gasteiger partial charge in [-0.3, -0.25) is 9.59 Å². The van der Waals surface area contributed by atoms with E-state index in [-0.39, 0.29) is 31.3 Å². The van der Waals surface area contributed by atoms with Gasteiger partial charge in [-0.25, -0.2) is 0 Å². The summed E-state index contributed by atoms with van der Waals surface area (Å²) in [5.41, 5.74) is 0.880. The molecule has 1 aromatic carbocycles. The van der Waals surface area contributed by atoms with Crippen LogP contribution in [0.4, 0.5) is 0 Å². The normalized spacial score (nSPS) is 10.2. The molecule has 0 heterocycles. The van der Waals surface area contributed by atoms with Crippen molar-refractivity contribution in [3.63, 3.8) is 0 Å². The van der Waals surface area contributed by atoms with Crippen molar-refractivity contribution in [2.75, 3.05) is 33.4 Å². The number of aliphatic hydroxyl groups excluding tert-OH is 1. The van der Waals surface area contributed by atoms with E-state index in [1.165, 1.54) is 7.11 Å². The number of aliphatic hydroxyl groups is 1. The Labute approximate surface area is 137 Å². The van der Waals surface area contributed by atoms with Crippen LogP contribution in [0.5, 0.6) is 5.75 Å². The van der Waals surface area contributed by atoms with Gasteiger partial charge in [0.15, 0.2) is 0 Å². The molecule has 6 heteroatoms. The Bertz CT molecular complexity index is 486. The first kappa shape index (κ1) is 19.0. The van der Waals surface area contributed by atoms with E-state index in [9.17, 15) is 9.59 Å². The lowest BCUT2D eigenvalue weighted by atomic mass is 10.1. The van der Waals surface area contributed by atoms with E-state index < -0.39 is 0 Å². The molecule has 0 aliphatic rings. The maximum atomic E-state index is 12.4. The summed E-state index contributed by atoms with van der Waals surface area (Å²) < 4.78 is 9.97. The van der Waals surface area contributed by atoms with Gasteiger partial charge in [-0.15, -0.1) is 0 Å². The van der Waals surface area contributed by atoms with Gasteiger partial charge in [0.1, 0.15) is 5.75 Å². The highest BCUT2D eigenvalue weighted by Crippen LogP contribution is 2.13. The first-order valence-electron chi connectivity index (χ1n) is 7.77. The molecule has 0 saturated carbocycles. The molecule has 1 aromatic rings. The molecule has 23 heavy (non-hydrogen) atoms. The molecule has 0 aromatic heterocycles. The zero-order valence-electron chi connectivity index (χ0n) is 13.8. The Hall–Kier alpha value is -2.08. The number of ether oxygens (including phenoxy) is 2. The lowest BCUT2D eigenvalue weighted by molar-refractivity contribution is -0.141. The summed E-state index contributed by atoms with van der Waals surface area (Å²) in [5.74, 6) is 0.339. The second kappa shape index (κ2) is 10.6. The van der Waals surface area contributed by atoms with E-state index in [0.29, 0.717) is 26.1 Å². The van der Waals surface area contributed by atoms with Crippen molar-refractivity contribution < 1.29 is 24.2 Å². The fourth-order valence-corrected chi connectivity index (χ4v) is 2.11. The lowest BCUT2D eigenvalue weighted by Crippen LogP contribution is -2.35. The zero-order valence-corrected chi connectivity index (χ0v) is 13.8. The largest absolute Gasteiger partial charge is 0.494 e. The third-order valence-corrected chi connectivity index (χ3v) is 3.34. The number of hydrogen-bond acceptors (Lipinski definition) is 5. The summed E-state index contributed by atoms with van der Waals surface area (Å²) in [6, 6.07) is 7.37. The first-order valence-corrected chi connectivity index (χ1v) is 7.77. The number of methoxy groups -OCH3 is 1. The molecule has 0 saturated heterocycles. The molecule has 0 fully saturated rings. The van der Waals surface area contributed by atoms with Gasteiger partial charge >= 0.3 is 5.97 Å². The van der Waals surface area contributed by atoms with Crippen molar-refractivity contribution in [3.8, 4) is 5.75 Å². The van der Waals surface area contributed by atoms with Crippen LogP contribution in [0.25, 0.3) is 0 Å². The van der Waals surface area contributed by atoms with Crippen LogP contribution in [0, 0.1) is 0 Å². The average Bonchev–Trinajstić information content (AvgIpc) is 2.56. The van der Waals surface area contributed by atoms with Gasteiger partial charge < -0.3 is 19.5 Å². The van der Waals surface area contributed by atoms with Crippen molar-refractivity contribution in [1.82, 2.24) is 4.90 Å². The van der Waals surface area contributed by atoms with Gasteiger partial charge in [0.2, 0.25) is 5.91 Å². The van der Waals surface area contributed by atoms with Gasteiger partial charge in [0.05, 0.1) is 26.6 Å². The van der Waals surface area contributed by atoms with E-state index in [2.05, 4.69) is 4.74 Å². The highest BCUT2D eigenvalue weighted by atomic mass is 16.5. The van der Waals surface area contributed by atoms with E-state index in [1.807, 2.05) is 31.2 Å². The number of benzene rings is 1. The number of hydrogen-bond donors (Lipinski definition) is 1. The predicted octanol–water partition coefficient (Wildman–Crippen LogP) is 1.40. The molecule has 1 amide bonds. The number of esters is 1. The van der Waals surface area contributed by atoms with Crippen molar-refractivity contribution in [3.05, 3.63) is 29.8 Å². The van der Waals surface area contributed by atoms with Gasteiger partial charge in [0, 0.05) is 19.7 Å². The van der Waals surface area contributed by atoms with Crippen LogP contribution in [0.2, 0.25) is 0 Å². The average molecular weight is 323 g/mol. The van der Waals surface area contributed by atoms with E-state index >= 15 is 0 Å². The van der Waals surface area contributed by atoms with Gasteiger partial charge in [-0.2, -0.15) is 0 Å². The zero-order chi connectivity index (χ0) is 17.1. The Morgan fingerprint density at radius 1 is 1.17 bits per heavy atom. The molecule has 0 aliphatic heterocycles. The fourth-order valence-electron chi connectivity index (χ4n) is 2.11. The standard InChI is InChI=1S/C17H25NO5/c1-3-23-15-7-5-14(6-8-15)13-16(20)18(10-4-12-19)11-9-17(21)22-2/h5-8,19H,3-4,9-13H2,1-2H3. The molecule has 128 valence electrons. The summed E-state index contributed by atoms with van der Waals surface area (Å²) >= 11 is 0. The Balaban J connectivity index is 2.61. The van der Waals surface area contributed by atoms with E-state index in [1.54, 1.807) is 4.90 Å². The van der Waals surface area contributed by atoms with Gasteiger partial charge in [-0.05, 0) is 31.0 Å². The minimum absolute atomic E-state index is 0.00502. The highest BCUT2D eigenvalue weighted by Gasteiger charge is 2.15. The second-order valence-corrected chi connectivity index (χ2v) is 5.04. The predicted molar refractivity (Wildman–Crippen MR) is 86.2 cm³/mol. The number of nitrogens with zero attached hydrogens (tertiary/aromatic N) is 1. The molecule has 0 spiro atoms. The summed E-state index contributed by atoms with van der Waals surface area (Å²) in [5, 5.41) is 8.95. The Morgan fingerprint density at radius 2 is 1.87 bits per heavy atom. The van der Waals surface area contributed by atoms with Crippen molar-refractivity contribution in [1.29, 1.82) is 0 Å². The Kier molecular flexibility index (Phi) is 8.75. The molecule has 0 unspecified atom stereocenters. The number of amides is 1. The Morgan fingerprint density at radius 3 is 2.43 bits per heavy atom. The summed E-state index contributed by atoms with van der Waals surface area (Å²) in [4.78, 5) is 25.2. The lowest BCUT2D eigenvalue weighted by Gasteiger charge is -2.22. The first-order chi connectivity index (χ1) is 11.1. The van der Waals surface area contributed by atoms with E-state index in [0.717, 1.165) is 11.3 Å². The third kappa shape index (κ3) is 7.15. The maximum absolute atomic E-state index is 12.4. The third-order valence-electron chi connectivity index (χ3n) is 3.34. The van der Waals surface area contributed by atoms with Crippen LogP contribution in [-0.2, 0) is 20.7 Å². The number of rotatable bonds is 10. The molecular formula is C17H25NO5. The second-order valence-electron chi connectivity index (χ2n) is 5.04. The van der Waals surface area contributed by atoms with Crippen molar-refractivity contribution >= 4 is 11.9 Å². The van der Waals surface area contributed by atoms with Crippen LogP contribution in [0.15, 0.2) is 24.3 Å². The van der Waals surface area contributed by atoms with Gasteiger partial charge in [-0.1, -0.05) is 12.1 Å². The summed E-state index contributed by atoms with van der Waals surface area (Å²) in [6.45, 7) is 3.23. The molecule has 6 nitrogen and oxygen atoms in total.